The smallest absolute Gasteiger partial charge is 0.241 e. The Morgan fingerprint density at radius 1 is 1.21 bits per heavy atom. The van der Waals surface area contributed by atoms with Gasteiger partial charge in [0.05, 0.1) is 37.6 Å². The molecular formula is C24H31N5O4. The Balaban J connectivity index is 1.52. The SMILES string of the molecule is COC[C@H](C)Nc1ncc2c(-c3ccnc(OC4COC4)c3)cc(C3CCC(O)CC3)n2n1. The minimum Gasteiger partial charge on any atom is -0.469 e. The molecule has 1 saturated carbocycles. The lowest BCUT2D eigenvalue weighted by Crippen LogP contribution is -2.38. The van der Waals surface area contributed by atoms with Crippen molar-refractivity contribution >= 4 is 11.5 Å². The predicted octanol–water partition coefficient (Wildman–Crippen LogP) is 3.03. The summed E-state index contributed by atoms with van der Waals surface area (Å²) in [6.45, 7) is 3.80. The zero-order valence-corrected chi connectivity index (χ0v) is 19.1. The number of methoxy groups -OCH3 is 1. The summed E-state index contributed by atoms with van der Waals surface area (Å²) in [4.78, 5) is 8.95. The third-order valence-electron chi connectivity index (χ3n) is 6.39. The largest absolute Gasteiger partial charge is 0.469 e. The van der Waals surface area contributed by atoms with E-state index in [-0.39, 0.29) is 18.2 Å². The second-order valence-corrected chi connectivity index (χ2v) is 9.03. The second-order valence-electron chi connectivity index (χ2n) is 9.03. The molecule has 9 nitrogen and oxygen atoms in total. The molecule has 1 aliphatic heterocycles. The first-order chi connectivity index (χ1) is 16.1. The van der Waals surface area contributed by atoms with E-state index >= 15 is 0 Å². The van der Waals surface area contributed by atoms with E-state index in [9.17, 15) is 5.11 Å². The molecule has 33 heavy (non-hydrogen) atoms. The fraction of sp³-hybridized carbons (Fsp3) is 0.542. The van der Waals surface area contributed by atoms with Crippen LogP contribution in [0.25, 0.3) is 16.6 Å². The molecule has 2 aliphatic rings. The van der Waals surface area contributed by atoms with E-state index in [2.05, 4.69) is 21.4 Å². The number of anilines is 1. The Bertz CT molecular complexity index is 1090. The number of aliphatic hydroxyl groups excluding tert-OH is 1. The van der Waals surface area contributed by atoms with Gasteiger partial charge in [-0.1, -0.05) is 0 Å². The maximum absolute atomic E-state index is 10.0. The van der Waals surface area contributed by atoms with Crippen LogP contribution in [0.1, 0.15) is 44.2 Å². The number of hydrogen-bond donors (Lipinski definition) is 2. The van der Waals surface area contributed by atoms with Crippen molar-refractivity contribution < 1.29 is 19.3 Å². The standard InChI is InChI=1S/C24H31N5O4/c1-15(12-31-2)27-24-26-11-22-20(17-7-8-25-23(9-17)33-19-13-32-14-19)10-21(29(22)28-24)16-3-5-18(30)6-4-16/h7-11,15-16,18-19,30H,3-6,12-14H2,1-2H3,(H,27,28)/t15-,16?,18?/m0/s1. The van der Waals surface area contributed by atoms with E-state index in [1.54, 1.807) is 13.3 Å². The van der Waals surface area contributed by atoms with Gasteiger partial charge in [0.1, 0.15) is 6.10 Å². The average Bonchev–Trinajstić information content (AvgIpc) is 3.16. The molecule has 9 heteroatoms. The Morgan fingerprint density at radius 2 is 2.03 bits per heavy atom. The van der Waals surface area contributed by atoms with Crippen molar-refractivity contribution in [1.82, 2.24) is 19.6 Å². The maximum atomic E-state index is 10.0. The molecule has 0 aromatic carbocycles. The van der Waals surface area contributed by atoms with Crippen molar-refractivity contribution in [3.05, 3.63) is 36.3 Å². The maximum Gasteiger partial charge on any atom is 0.241 e. The van der Waals surface area contributed by atoms with Crippen molar-refractivity contribution in [2.24, 2.45) is 0 Å². The van der Waals surface area contributed by atoms with Gasteiger partial charge >= 0.3 is 0 Å². The molecule has 2 fully saturated rings. The summed E-state index contributed by atoms with van der Waals surface area (Å²) >= 11 is 0. The first-order valence-corrected chi connectivity index (χ1v) is 11.6. The van der Waals surface area contributed by atoms with Gasteiger partial charge in [-0.25, -0.2) is 14.5 Å². The van der Waals surface area contributed by atoms with Crippen LogP contribution in [0.4, 0.5) is 5.95 Å². The fourth-order valence-corrected chi connectivity index (χ4v) is 4.58. The molecule has 5 rings (SSSR count). The number of hydrogen-bond acceptors (Lipinski definition) is 8. The molecule has 2 N–H and O–H groups in total. The Kier molecular flexibility index (Phi) is 6.43. The van der Waals surface area contributed by atoms with Crippen LogP contribution in [0.5, 0.6) is 5.88 Å². The third-order valence-corrected chi connectivity index (χ3v) is 6.39. The first-order valence-electron chi connectivity index (χ1n) is 11.6. The lowest BCUT2D eigenvalue weighted by Gasteiger charge is -2.26. The fourth-order valence-electron chi connectivity index (χ4n) is 4.58. The van der Waals surface area contributed by atoms with Gasteiger partial charge in [-0.05, 0) is 50.3 Å². The summed E-state index contributed by atoms with van der Waals surface area (Å²) in [7, 11) is 1.68. The number of ether oxygens (including phenoxy) is 3. The average molecular weight is 454 g/mol. The van der Waals surface area contributed by atoms with E-state index < -0.39 is 0 Å². The zero-order valence-electron chi connectivity index (χ0n) is 19.1. The summed E-state index contributed by atoms with van der Waals surface area (Å²) in [5.41, 5.74) is 4.13. The van der Waals surface area contributed by atoms with Crippen LogP contribution >= 0.6 is 0 Å². The molecule has 0 bridgehead atoms. The Morgan fingerprint density at radius 3 is 2.76 bits per heavy atom. The highest BCUT2D eigenvalue weighted by molar-refractivity contribution is 5.81. The van der Waals surface area contributed by atoms with Gasteiger partial charge in [0, 0.05) is 42.6 Å². The van der Waals surface area contributed by atoms with Crippen LogP contribution in [0.15, 0.2) is 30.6 Å². The lowest BCUT2D eigenvalue weighted by molar-refractivity contribution is -0.0813. The summed E-state index contributed by atoms with van der Waals surface area (Å²) in [5.74, 6) is 1.49. The Labute approximate surface area is 193 Å². The number of aliphatic hydroxyl groups is 1. The highest BCUT2D eigenvalue weighted by atomic mass is 16.6. The highest BCUT2D eigenvalue weighted by Gasteiger charge is 2.26. The van der Waals surface area contributed by atoms with Gasteiger partial charge < -0.3 is 24.6 Å². The minimum absolute atomic E-state index is 0.0637. The van der Waals surface area contributed by atoms with Crippen LogP contribution < -0.4 is 10.1 Å². The van der Waals surface area contributed by atoms with Crippen molar-refractivity contribution in [3.8, 4) is 17.0 Å². The summed E-state index contributed by atoms with van der Waals surface area (Å²) in [5, 5.41) is 18.2. The highest BCUT2D eigenvalue weighted by Crippen LogP contribution is 2.38. The van der Waals surface area contributed by atoms with Crippen LogP contribution in [0, 0.1) is 0 Å². The molecule has 1 aliphatic carbocycles. The predicted molar refractivity (Wildman–Crippen MR) is 124 cm³/mol. The number of nitrogens with one attached hydrogen (secondary N) is 1. The number of rotatable bonds is 8. The van der Waals surface area contributed by atoms with Crippen LogP contribution in [-0.4, -0.2) is 69.9 Å². The van der Waals surface area contributed by atoms with Gasteiger partial charge in [0.2, 0.25) is 11.8 Å². The minimum atomic E-state index is -0.205. The van der Waals surface area contributed by atoms with Gasteiger partial charge in [0.25, 0.3) is 0 Å². The monoisotopic (exact) mass is 453 g/mol. The van der Waals surface area contributed by atoms with Gasteiger partial charge in [-0.2, -0.15) is 0 Å². The molecule has 4 heterocycles. The molecule has 0 amide bonds. The summed E-state index contributed by atoms with van der Waals surface area (Å²) in [6.07, 6.45) is 6.99. The van der Waals surface area contributed by atoms with Crippen LogP contribution in [0.3, 0.4) is 0 Å². The van der Waals surface area contributed by atoms with Crippen molar-refractivity contribution in [3.63, 3.8) is 0 Å². The molecule has 3 aromatic rings. The number of pyridine rings is 1. The summed E-state index contributed by atoms with van der Waals surface area (Å²) in [6, 6.07) is 6.25. The van der Waals surface area contributed by atoms with Crippen LogP contribution in [0.2, 0.25) is 0 Å². The van der Waals surface area contributed by atoms with E-state index in [0.29, 0.717) is 37.6 Å². The second kappa shape index (κ2) is 9.62. The van der Waals surface area contributed by atoms with E-state index in [1.807, 2.05) is 29.8 Å². The molecule has 0 radical (unpaired) electrons. The molecule has 176 valence electrons. The number of nitrogens with zero attached hydrogens (tertiary/aromatic N) is 4. The third kappa shape index (κ3) is 4.80. The van der Waals surface area contributed by atoms with Gasteiger partial charge in [-0.3, -0.25) is 0 Å². The molecule has 0 unspecified atom stereocenters. The van der Waals surface area contributed by atoms with Gasteiger partial charge in [-0.15, -0.1) is 5.10 Å². The van der Waals surface area contributed by atoms with E-state index in [0.717, 1.165) is 48.0 Å². The first kappa shape index (κ1) is 22.1. The zero-order chi connectivity index (χ0) is 22.8. The topological polar surface area (TPSA) is 103 Å². The van der Waals surface area contributed by atoms with E-state index in [1.165, 1.54) is 0 Å². The van der Waals surface area contributed by atoms with Crippen molar-refractivity contribution in [2.75, 3.05) is 32.2 Å². The molecule has 0 spiro atoms. The number of aromatic nitrogens is 4. The molecular weight excluding hydrogens is 422 g/mol. The normalized spacial score (nSPS) is 22.2. The van der Waals surface area contributed by atoms with E-state index in [4.69, 9.17) is 19.3 Å². The molecule has 1 atom stereocenters. The molecule has 1 saturated heterocycles. The summed E-state index contributed by atoms with van der Waals surface area (Å²) < 4.78 is 18.4. The van der Waals surface area contributed by atoms with Crippen LogP contribution in [-0.2, 0) is 9.47 Å². The Hall–Kier alpha value is -2.75. The van der Waals surface area contributed by atoms with Crippen molar-refractivity contribution in [1.29, 1.82) is 0 Å². The lowest BCUT2D eigenvalue weighted by atomic mass is 9.85. The number of fused-ring (bicyclic) bond motifs is 1. The van der Waals surface area contributed by atoms with Gasteiger partial charge in [0.15, 0.2) is 0 Å². The quantitative estimate of drug-likeness (QED) is 0.537. The molecule has 3 aromatic heterocycles. The van der Waals surface area contributed by atoms with Crippen molar-refractivity contribution in [2.45, 2.75) is 56.8 Å².